The van der Waals surface area contributed by atoms with Gasteiger partial charge in [0.25, 0.3) is 0 Å². The first-order chi connectivity index (χ1) is 11.6. The molecule has 28 heavy (non-hydrogen) atoms. The molecule has 0 heterocycles. The Labute approximate surface area is 231 Å². The van der Waals surface area contributed by atoms with Crippen LogP contribution in [0.1, 0.15) is 17.5 Å². The van der Waals surface area contributed by atoms with Gasteiger partial charge in [-0.25, -0.2) is 0 Å². The Kier molecular flexibility index (Phi) is 15.6. The minimum atomic E-state index is -5.46. The summed E-state index contributed by atoms with van der Waals surface area (Å²) in [6, 6.07) is 15.4. The van der Waals surface area contributed by atoms with E-state index >= 15 is 0 Å². The van der Waals surface area contributed by atoms with Crippen LogP contribution < -0.4 is 103 Å². The van der Waals surface area contributed by atoms with Gasteiger partial charge in [-0.05, 0) is 35.6 Å². The van der Waals surface area contributed by atoms with Gasteiger partial charge in [0, 0.05) is 0 Å². The molecular weight excluding hydrogens is 431 g/mol. The second kappa shape index (κ2) is 13.8. The topological polar surface area (TPSA) is 124 Å². The van der Waals surface area contributed by atoms with Crippen LogP contribution in [0.2, 0.25) is 0 Å². The summed E-state index contributed by atoms with van der Waals surface area (Å²) in [4.78, 5) is 42.0. The van der Waals surface area contributed by atoms with Crippen LogP contribution in [-0.2, 0) is 9.13 Å². The third-order valence-electron chi connectivity index (χ3n) is 3.76. The molecular formula is C17H17Na3O6P2. The SMILES string of the molecule is Cc1cc(-c2ccccc2)ccc1/C=C/CC(P(=O)([O-])[O-])P(=O)([O-])O.[Na+].[Na+].[Na+]. The summed E-state index contributed by atoms with van der Waals surface area (Å²) in [5, 5.41) is -2.35. The van der Waals surface area contributed by atoms with Crippen molar-refractivity contribution in [2.75, 3.05) is 0 Å². The number of hydrogen-bond acceptors (Lipinski definition) is 5. The van der Waals surface area contributed by atoms with Crippen LogP contribution >= 0.6 is 15.2 Å². The van der Waals surface area contributed by atoms with Crippen molar-refractivity contribution in [3.05, 3.63) is 65.7 Å². The molecule has 2 aromatic carbocycles. The van der Waals surface area contributed by atoms with Crippen molar-refractivity contribution in [3.63, 3.8) is 0 Å². The van der Waals surface area contributed by atoms with E-state index in [0.717, 1.165) is 22.3 Å². The molecule has 1 N–H and O–H groups in total. The van der Waals surface area contributed by atoms with Crippen molar-refractivity contribution in [1.29, 1.82) is 0 Å². The molecule has 0 spiro atoms. The molecule has 0 amide bonds. The molecule has 6 nitrogen and oxygen atoms in total. The molecule has 2 rings (SSSR count). The molecule has 0 saturated carbocycles. The van der Waals surface area contributed by atoms with Gasteiger partial charge in [-0.15, -0.1) is 0 Å². The third kappa shape index (κ3) is 9.74. The van der Waals surface area contributed by atoms with Crippen molar-refractivity contribution in [3.8, 4) is 11.1 Å². The molecule has 2 atom stereocenters. The van der Waals surface area contributed by atoms with Crippen molar-refractivity contribution in [1.82, 2.24) is 0 Å². The van der Waals surface area contributed by atoms with Crippen molar-refractivity contribution < 1.29 is 117 Å². The van der Waals surface area contributed by atoms with E-state index < -0.39 is 27.0 Å². The molecule has 0 aliphatic carbocycles. The molecule has 2 unspecified atom stereocenters. The number of rotatable bonds is 6. The predicted octanol–water partition coefficient (Wildman–Crippen LogP) is -7.14. The summed E-state index contributed by atoms with van der Waals surface area (Å²) < 4.78 is 22.1. The van der Waals surface area contributed by atoms with Gasteiger partial charge >= 0.3 is 88.7 Å². The van der Waals surface area contributed by atoms with E-state index in [2.05, 4.69) is 0 Å². The Morgan fingerprint density at radius 1 is 0.964 bits per heavy atom. The summed E-state index contributed by atoms with van der Waals surface area (Å²) in [6.07, 6.45) is 2.20. The fourth-order valence-corrected chi connectivity index (χ4v) is 4.63. The van der Waals surface area contributed by atoms with Crippen LogP contribution in [0.15, 0.2) is 54.6 Å². The van der Waals surface area contributed by atoms with Gasteiger partial charge in [-0.1, -0.05) is 68.3 Å². The molecule has 2 aromatic rings. The zero-order valence-electron chi connectivity index (χ0n) is 16.4. The molecule has 0 aliphatic rings. The van der Waals surface area contributed by atoms with Gasteiger partial charge in [0.1, 0.15) is 7.60 Å². The second-order valence-electron chi connectivity index (χ2n) is 5.66. The Bertz CT molecular complexity index is 842. The minimum absolute atomic E-state index is 0. The second-order valence-corrected chi connectivity index (χ2v) is 9.52. The zero-order valence-corrected chi connectivity index (χ0v) is 24.2. The van der Waals surface area contributed by atoms with E-state index in [1.807, 2.05) is 55.5 Å². The van der Waals surface area contributed by atoms with Gasteiger partial charge in [-0.3, -0.25) is 0 Å². The van der Waals surface area contributed by atoms with Gasteiger partial charge in [-0.2, -0.15) is 0 Å². The standard InChI is InChI=1S/C17H20O6P2.3Na/c1-13-12-16(15-6-3-2-4-7-15)11-10-14(13)8-5-9-17(24(18,19)20)25(21,22)23;;;/h2-8,10-12,17H,9H2,1H3,(H2,18,19,20)(H2,21,22,23);;;/q;3*+1/p-3/b8-5+;;;. The molecule has 134 valence electrons. The van der Waals surface area contributed by atoms with E-state index in [0.29, 0.717) is 0 Å². The van der Waals surface area contributed by atoms with Gasteiger partial charge in [0.2, 0.25) is 0 Å². The molecule has 0 saturated heterocycles. The molecule has 0 fully saturated rings. The summed E-state index contributed by atoms with van der Waals surface area (Å²) >= 11 is 0. The maximum atomic E-state index is 11.1. The summed E-state index contributed by atoms with van der Waals surface area (Å²) in [5.74, 6) is 0. The number of allylic oxidation sites excluding steroid dienone is 1. The summed E-state index contributed by atoms with van der Waals surface area (Å²) in [7, 11) is -10.7. The Morgan fingerprint density at radius 2 is 1.54 bits per heavy atom. The third-order valence-corrected chi connectivity index (χ3v) is 7.39. The van der Waals surface area contributed by atoms with Crippen molar-refractivity contribution in [2.45, 2.75) is 18.7 Å². The molecule has 0 bridgehead atoms. The maximum Gasteiger partial charge on any atom is 1.00 e. The Hall–Kier alpha value is 1.48. The molecule has 11 heteroatoms. The average Bonchev–Trinajstić information content (AvgIpc) is 2.51. The van der Waals surface area contributed by atoms with Crippen LogP contribution in [0.25, 0.3) is 17.2 Å². The number of hydrogen-bond donors (Lipinski definition) is 1. The first-order valence-corrected chi connectivity index (χ1v) is 10.7. The largest absolute Gasteiger partial charge is 1.00 e. The summed E-state index contributed by atoms with van der Waals surface area (Å²) in [5.41, 5.74) is 3.71. The van der Waals surface area contributed by atoms with Crippen LogP contribution in [0.4, 0.5) is 0 Å². The van der Waals surface area contributed by atoms with E-state index in [-0.39, 0.29) is 88.7 Å². The van der Waals surface area contributed by atoms with Crippen LogP contribution in [0.3, 0.4) is 0 Å². The fourth-order valence-electron chi connectivity index (χ4n) is 2.43. The predicted molar refractivity (Wildman–Crippen MR) is 91.5 cm³/mol. The molecule has 0 radical (unpaired) electrons. The maximum absolute atomic E-state index is 11.1. The van der Waals surface area contributed by atoms with Crippen molar-refractivity contribution in [2.24, 2.45) is 0 Å². The van der Waals surface area contributed by atoms with E-state index in [9.17, 15) is 23.8 Å². The molecule has 0 aliphatic heterocycles. The number of benzene rings is 2. The smallest absolute Gasteiger partial charge is 0.810 e. The van der Waals surface area contributed by atoms with Crippen LogP contribution in [-0.4, -0.2) is 10.3 Å². The van der Waals surface area contributed by atoms with E-state index in [4.69, 9.17) is 4.89 Å². The van der Waals surface area contributed by atoms with Crippen LogP contribution in [0, 0.1) is 6.92 Å². The fraction of sp³-hybridized carbons (Fsp3) is 0.176. The van der Waals surface area contributed by atoms with E-state index in [1.165, 1.54) is 12.2 Å². The van der Waals surface area contributed by atoms with Gasteiger partial charge in [0.05, 0.1) is 5.40 Å². The zero-order chi connectivity index (χ0) is 18.7. The first kappa shape index (κ1) is 31.7. The Morgan fingerprint density at radius 3 is 2.00 bits per heavy atom. The van der Waals surface area contributed by atoms with Gasteiger partial charge < -0.3 is 28.7 Å². The molecule has 0 aromatic heterocycles. The monoisotopic (exact) mass is 448 g/mol. The van der Waals surface area contributed by atoms with E-state index in [1.54, 1.807) is 0 Å². The first-order valence-electron chi connectivity index (χ1n) is 7.47. The van der Waals surface area contributed by atoms with Crippen LogP contribution in [0.5, 0.6) is 0 Å². The average molecular weight is 448 g/mol. The van der Waals surface area contributed by atoms with Crippen molar-refractivity contribution >= 4 is 21.3 Å². The quantitative estimate of drug-likeness (QED) is 0.346. The normalized spacial score (nSPS) is 14.2. The summed E-state index contributed by atoms with van der Waals surface area (Å²) in [6.45, 7) is 1.86. The Balaban J connectivity index is 0. The minimum Gasteiger partial charge on any atom is -0.810 e. The number of aryl methyl sites for hydroxylation is 1. The van der Waals surface area contributed by atoms with Gasteiger partial charge in [0.15, 0.2) is 0 Å².